The number of carbonyl (C=O) groups excluding carboxylic acids is 1. The third kappa shape index (κ3) is 3.45. The van der Waals surface area contributed by atoms with Gasteiger partial charge in [-0.2, -0.15) is 0 Å². The van der Waals surface area contributed by atoms with Crippen molar-refractivity contribution in [2.24, 2.45) is 5.73 Å². The summed E-state index contributed by atoms with van der Waals surface area (Å²) in [4.78, 5) is 10.7. The van der Waals surface area contributed by atoms with Gasteiger partial charge in [0.15, 0.2) is 0 Å². The number of halogens is 1. The molecule has 4 N–H and O–H groups in total. The van der Waals surface area contributed by atoms with E-state index in [1.54, 1.807) is 24.3 Å². The highest BCUT2D eigenvalue weighted by atomic mass is 19.1. The van der Waals surface area contributed by atoms with E-state index in [0.717, 1.165) is 0 Å². The van der Waals surface area contributed by atoms with E-state index >= 15 is 0 Å². The Labute approximate surface area is 121 Å². The van der Waals surface area contributed by atoms with Gasteiger partial charge in [0.25, 0.3) is 0 Å². The van der Waals surface area contributed by atoms with Crippen LogP contribution in [0, 0.1) is 11.2 Å². The number of phenolic OH excluding ortho intramolecular Hbond substituents is 1. The van der Waals surface area contributed by atoms with Crippen LogP contribution in [0.1, 0.15) is 18.4 Å². The molecule has 4 nitrogen and oxygen atoms in total. The van der Waals surface area contributed by atoms with Gasteiger partial charge in [0.05, 0.1) is 0 Å². The molecule has 0 spiro atoms. The van der Waals surface area contributed by atoms with E-state index < -0.39 is 11.7 Å². The van der Waals surface area contributed by atoms with Gasteiger partial charge in [-0.3, -0.25) is 4.79 Å². The molecule has 0 aromatic heterocycles. The van der Waals surface area contributed by atoms with Crippen LogP contribution in [0.15, 0.2) is 42.5 Å². The van der Waals surface area contributed by atoms with Crippen molar-refractivity contribution in [3.63, 3.8) is 0 Å². The number of hydrogen-bond donors (Lipinski definition) is 3. The Kier molecular flexibility index (Phi) is 4.33. The summed E-state index contributed by atoms with van der Waals surface area (Å²) in [5.74, 6) is -1.03. The van der Waals surface area contributed by atoms with Gasteiger partial charge in [0, 0.05) is 23.3 Å². The highest BCUT2D eigenvalue weighted by molar-refractivity contribution is 6.00. The zero-order valence-corrected chi connectivity index (χ0v) is 11.3. The first-order valence-corrected chi connectivity index (χ1v) is 6.43. The van der Waals surface area contributed by atoms with Crippen molar-refractivity contribution in [1.29, 1.82) is 5.41 Å². The lowest BCUT2D eigenvalue weighted by Gasteiger charge is -2.08. The van der Waals surface area contributed by atoms with Crippen LogP contribution in [-0.2, 0) is 4.79 Å². The zero-order chi connectivity index (χ0) is 15.4. The molecule has 0 unspecified atom stereocenters. The summed E-state index contributed by atoms with van der Waals surface area (Å²) in [6, 6.07) is 10.8. The van der Waals surface area contributed by atoms with Crippen LogP contribution in [0.5, 0.6) is 5.75 Å². The summed E-state index contributed by atoms with van der Waals surface area (Å²) < 4.78 is 14.2. The number of nitrogens with one attached hydrogen (secondary N) is 1. The second-order valence-corrected chi connectivity index (χ2v) is 4.66. The summed E-state index contributed by atoms with van der Waals surface area (Å²) >= 11 is 0. The fourth-order valence-corrected chi connectivity index (χ4v) is 2.02. The second kappa shape index (κ2) is 6.17. The molecule has 0 saturated carbocycles. The molecule has 108 valence electrons. The molecule has 0 aliphatic carbocycles. The number of benzene rings is 2. The molecule has 5 heteroatoms. The molecule has 0 atom stereocenters. The van der Waals surface area contributed by atoms with Crippen LogP contribution in [-0.4, -0.2) is 16.7 Å². The van der Waals surface area contributed by atoms with E-state index in [0.29, 0.717) is 11.1 Å². The Morgan fingerprint density at radius 2 is 1.86 bits per heavy atom. The van der Waals surface area contributed by atoms with E-state index in [4.69, 9.17) is 11.1 Å². The standard InChI is InChI=1S/C16H15FN2O2/c17-13-9-10(14(18)7-8-16(19)21)5-6-11(13)12-3-1-2-4-15(12)20/h1-6,9,18,20H,7-8H2,(H2,19,21). The Morgan fingerprint density at radius 1 is 1.14 bits per heavy atom. The summed E-state index contributed by atoms with van der Waals surface area (Å²) in [5, 5.41) is 17.6. The summed E-state index contributed by atoms with van der Waals surface area (Å²) in [6.07, 6.45) is 0.229. The monoisotopic (exact) mass is 286 g/mol. The minimum absolute atomic E-state index is 0.00652. The Bertz CT molecular complexity index is 698. The molecule has 0 fully saturated rings. The molecule has 0 bridgehead atoms. The molecule has 2 aromatic carbocycles. The predicted octanol–water partition coefficient (Wildman–Crippen LogP) is 2.83. The van der Waals surface area contributed by atoms with E-state index in [2.05, 4.69) is 0 Å². The molecule has 0 saturated heterocycles. The third-order valence-corrected chi connectivity index (χ3v) is 3.13. The molecular formula is C16H15FN2O2. The third-order valence-electron chi connectivity index (χ3n) is 3.13. The normalized spacial score (nSPS) is 10.3. The first kappa shape index (κ1) is 14.7. The van der Waals surface area contributed by atoms with Crippen molar-refractivity contribution in [1.82, 2.24) is 0 Å². The first-order valence-electron chi connectivity index (χ1n) is 6.43. The number of hydrogen-bond acceptors (Lipinski definition) is 3. The lowest BCUT2D eigenvalue weighted by atomic mass is 9.99. The average Bonchev–Trinajstić information content (AvgIpc) is 2.45. The molecule has 21 heavy (non-hydrogen) atoms. The molecule has 2 aromatic rings. The Hall–Kier alpha value is -2.69. The molecule has 0 aliphatic heterocycles. The van der Waals surface area contributed by atoms with Crippen LogP contribution in [0.2, 0.25) is 0 Å². The fourth-order valence-electron chi connectivity index (χ4n) is 2.02. The largest absolute Gasteiger partial charge is 0.507 e. The van der Waals surface area contributed by atoms with E-state index in [-0.39, 0.29) is 29.9 Å². The van der Waals surface area contributed by atoms with Crippen molar-refractivity contribution in [3.8, 4) is 16.9 Å². The minimum Gasteiger partial charge on any atom is -0.507 e. The van der Waals surface area contributed by atoms with Crippen molar-refractivity contribution >= 4 is 11.6 Å². The van der Waals surface area contributed by atoms with Crippen LogP contribution in [0.4, 0.5) is 4.39 Å². The lowest BCUT2D eigenvalue weighted by Crippen LogP contribution is -2.12. The van der Waals surface area contributed by atoms with Gasteiger partial charge >= 0.3 is 0 Å². The molecule has 0 radical (unpaired) electrons. The smallest absolute Gasteiger partial charge is 0.217 e. The van der Waals surface area contributed by atoms with Gasteiger partial charge in [-0.25, -0.2) is 4.39 Å². The Morgan fingerprint density at radius 3 is 2.48 bits per heavy atom. The van der Waals surface area contributed by atoms with Crippen molar-refractivity contribution < 1.29 is 14.3 Å². The maximum atomic E-state index is 14.2. The zero-order valence-electron chi connectivity index (χ0n) is 11.3. The molecule has 0 aliphatic rings. The highest BCUT2D eigenvalue weighted by Gasteiger charge is 2.12. The Balaban J connectivity index is 2.28. The predicted molar refractivity (Wildman–Crippen MR) is 78.8 cm³/mol. The molecular weight excluding hydrogens is 271 g/mol. The van der Waals surface area contributed by atoms with Gasteiger partial charge < -0.3 is 16.2 Å². The van der Waals surface area contributed by atoms with Crippen molar-refractivity contribution in [2.75, 3.05) is 0 Å². The second-order valence-electron chi connectivity index (χ2n) is 4.66. The number of para-hydroxylation sites is 1. The van der Waals surface area contributed by atoms with E-state index in [1.165, 1.54) is 18.2 Å². The number of aromatic hydroxyl groups is 1. The van der Waals surface area contributed by atoms with Crippen LogP contribution >= 0.6 is 0 Å². The average molecular weight is 286 g/mol. The topological polar surface area (TPSA) is 87.2 Å². The number of nitrogens with two attached hydrogens (primary N) is 1. The molecule has 1 amide bonds. The van der Waals surface area contributed by atoms with Crippen LogP contribution in [0.3, 0.4) is 0 Å². The van der Waals surface area contributed by atoms with Gasteiger partial charge in [-0.1, -0.05) is 30.3 Å². The summed E-state index contributed by atoms with van der Waals surface area (Å²) in [6.45, 7) is 0. The SMILES string of the molecule is N=C(CCC(N)=O)c1ccc(-c2ccccc2O)c(F)c1. The number of primary amides is 1. The first-order chi connectivity index (χ1) is 9.99. The van der Waals surface area contributed by atoms with Crippen LogP contribution in [0.25, 0.3) is 11.1 Å². The number of phenols is 1. The summed E-state index contributed by atoms with van der Waals surface area (Å²) in [5.41, 5.74) is 6.23. The quantitative estimate of drug-likeness (QED) is 0.738. The van der Waals surface area contributed by atoms with E-state index in [1.807, 2.05) is 0 Å². The van der Waals surface area contributed by atoms with Crippen molar-refractivity contribution in [3.05, 3.63) is 53.8 Å². The fraction of sp³-hybridized carbons (Fsp3) is 0.125. The van der Waals surface area contributed by atoms with Crippen LogP contribution < -0.4 is 5.73 Å². The highest BCUT2D eigenvalue weighted by Crippen LogP contribution is 2.31. The van der Waals surface area contributed by atoms with E-state index in [9.17, 15) is 14.3 Å². The minimum atomic E-state index is -0.530. The van der Waals surface area contributed by atoms with Gasteiger partial charge in [0.2, 0.25) is 5.91 Å². The number of amides is 1. The molecule has 0 heterocycles. The van der Waals surface area contributed by atoms with Gasteiger partial charge in [-0.15, -0.1) is 0 Å². The number of rotatable bonds is 5. The molecule has 2 rings (SSSR count). The van der Waals surface area contributed by atoms with Crippen molar-refractivity contribution in [2.45, 2.75) is 12.8 Å². The van der Waals surface area contributed by atoms with Gasteiger partial charge in [-0.05, 0) is 24.1 Å². The summed E-state index contributed by atoms with van der Waals surface area (Å²) in [7, 11) is 0. The maximum absolute atomic E-state index is 14.2. The van der Waals surface area contributed by atoms with Gasteiger partial charge in [0.1, 0.15) is 11.6 Å². The lowest BCUT2D eigenvalue weighted by molar-refractivity contribution is -0.117. The maximum Gasteiger partial charge on any atom is 0.217 e. The number of carbonyl (C=O) groups is 1.